The van der Waals surface area contributed by atoms with Crippen LogP contribution in [0.15, 0.2) is 53.9 Å². The molecule has 0 amide bonds. The third kappa shape index (κ3) is 3.01. The predicted molar refractivity (Wildman–Crippen MR) is 90.9 cm³/mol. The largest absolute Gasteiger partial charge is 0.508 e. The molecule has 0 unspecified atom stereocenters. The summed E-state index contributed by atoms with van der Waals surface area (Å²) in [4.78, 5) is 8.82. The lowest BCUT2D eigenvalue weighted by molar-refractivity contribution is 0.429. The van der Waals surface area contributed by atoms with Gasteiger partial charge in [-0.05, 0) is 47.8 Å². The summed E-state index contributed by atoms with van der Waals surface area (Å²) < 4.78 is 33.2. The van der Waals surface area contributed by atoms with Gasteiger partial charge in [0, 0.05) is 11.6 Å². The normalized spacial score (nSPS) is 11.0. The first-order valence-electron chi connectivity index (χ1n) is 7.28. The lowest BCUT2D eigenvalue weighted by Crippen LogP contribution is -1.96. The van der Waals surface area contributed by atoms with Crippen molar-refractivity contribution in [1.82, 2.24) is 9.97 Å². The van der Waals surface area contributed by atoms with Gasteiger partial charge in [0.1, 0.15) is 16.3 Å². The Hall–Kier alpha value is -3.06. The molecule has 0 saturated carbocycles. The van der Waals surface area contributed by atoms with Gasteiger partial charge in [-0.15, -0.1) is 11.3 Å². The second kappa shape index (κ2) is 6.10. The summed E-state index contributed by atoms with van der Waals surface area (Å²) in [6.07, 6.45) is 0. The summed E-state index contributed by atoms with van der Waals surface area (Å²) in [7, 11) is 0. The summed E-state index contributed by atoms with van der Waals surface area (Å²) >= 11 is 1.36. The van der Waals surface area contributed by atoms with Crippen molar-refractivity contribution in [2.75, 3.05) is 0 Å². The highest BCUT2D eigenvalue weighted by Gasteiger charge is 2.15. The number of aromatic nitrogens is 2. The molecule has 0 spiro atoms. The van der Waals surface area contributed by atoms with Crippen LogP contribution in [0.25, 0.3) is 21.6 Å². The average molecular weight is 356 g/mol. The minimum atomic E-state index is -0.811. The molecule has 7 heteroatoms. The number of phenols is 1. The van der Waals surface area contributed by atoms with Crippen molar-refractivity contribution < 1.29 is 18.6 Å². The van der Waals surface area contributed by atoms with Gasteiger partial charge in [-0.3, -0.25) is 0 Å². The van der Waals surface area contributed by atoms with Crippen molar-refractivity contribution in [3.8, 4) is 28.8 Å². The van der Waals surface area contributed by atoms with Crippen LogP contribution >= 0.6 is 11.3 Å². The quantitative estimate of drug-likeness (QED) is 0.553. The van der Waals surface area contributed by atoms with Gasteiger partial charge in [-0.2, -0.15) is 4.98 Å². The fraction of sp³-hybridized carbons (Fsp3) is 0. The average Bonchev–Trinajstić information content (AvgIpc) is 3.07. The molecule has 0 saturated heterocycles. The van der Waals surface area contributed by atoms with Gasteiger partial charge in [0.15, 0.2) is 17.4 Å². The van der Waals surface area contributed by atoms with Gasteiger partial charge in [-0.25, -0.2) is 13.8 Å². The molecule has 2 aromatic carbocycles. The van der Waals surface area contributed by atoms with Crippen molar-refractivity contribution in [2.24, 2.45) is 0 Å². The Bertz CT molecular complexity index is 1060. The highest BCUT2D eigenvalue weighted by molar-refractivity contribution is 7.17. The monoisotopic (exact) mass is 356 g/mol. The van der Waals surface area contributed by atoms with Crippen LogP contribution in [0, 0.1) is 11.6 Å². The number of aromatic hydroxyl groups is 1. The summed E-state index contributed by atoms with van der Waals surface area (Å²) in [5.41, 5.74) is 1.33. The van der Waals surface area contributed by atoms with E-state index in [1.807, 2.05) is 5.38 Å². The van der Waals surface area contributed by atoms with Crippen LogP contribution in [0.2, 0.25) is 0 Å². The number of phenolic OH excluding ortho intramolecular Hbond substituents is 1. The molecule has 0 radical (unpaired) electrons. The molecule has 25 heavy (non-hydrogen) atoms. The minimum Gasteiger partial charge on any atom is -0.508 e. The fourth-order valence-corrected chi connectivity index (χ4v) is 3.06. The number of thiophene rings is 1. The van der Waals surface area contributed by atoms with Gasteiger partial charge in [0.2, 0.25) is 5.88 Å². The molecule has 4 aromatic rings. The van der Waals surface area contributed by atoms with Gasteiger partial charge in [0.25, 0.3) is 0 Å². The summed E-state index contributed by atoms with van der Waals surface area (Å²) in [6, 6.07) is 11.3. The number of rotatable bonds is 3. The lowest BCUT2D eigenvalue weighted by Gasteiger charge is -2.09. The zero-order valence-electron chi connectivity index (χ0n) is 12.6. The Labute approximate surface area is 145 Å². The van der Waals surface area contributed by atoms with Crippen LogP contribution in [0.4, 0.5) is 8.78 Å². The van der Waals surface area contributed by atoms with Crippen LogP contribution in [-0.2, 0) is 0 Å². The zero-order chi connectivity index (χ0) is 17.4. The Morgan fingerprint density at radius 1 is 0.960 bits per heavy atom. The third-order valence-corrected chi connectivity index (χ3v) is 4.39. The standard InChI is InChI=1S/C18H10F2N2O2S/c19-11-3-6-15(13(20)9-11)24-18-16-14(7-8-25-16)21-17(22-18)10-1-4-12(23)5-2-10/h1-9,23H. The molecular weight excluding hydrogens is 346 g/mol. The van der Waals surface area contributed by atoms with E-state index >= 15 is 0 Å². The maximum atomic E-state index is 13.9. The molecular formula is C18H10F2N2O2S. The van der Waals surface area contributed by atoms with E-state index in [9.17, 15) is 13.9 Å². The zero-order valence-corrected chi connectivity index (χ0v) is 13.4. The van der Waals surface area contributed by atoms with Crippen LogP contribution < -0.4 is 4.74 Å². The first-order valence-corrected chi connectivity index (χ1v) is 8.16. The van der Waals surface area contributed by atoms with E-state index in [2.05, 4.69) is 9.97 Å². The summed E-state index contributed by atoms with van der Waals surface area (Å²) in [5.74, 6) is -0.915. The van der Waals surface area contributed by atoms with E-state index in [-0.39, 0.29) is 17.4 Å². The van der Waals surface area contributed by atoms with Crippen LogP contribution in [-0.4, -0.2) is 15.1 Å². The van der Waals surface area contributed by atoms with Gasteiger partial charge < -0.3 is 9.84 Å². The molecule has 0 bridgehead atoms. The highest BCUT2D eigenvalue weighted by Crippen LogP contribution is 2.34. The number of hydrogen-bond acceptors (Lipinski definition) is 5. The Balaban J connectivity index is 1.82. The maximum Gasteiger partial charge on any atom is 0.241 e. The minimum absolute atomic E-state index is 0.119. The number of nitrogens with zero attached hydrogens (tertiary/aromatic N) is 2. The van der Waals surface area contributed by atoms with E-state index in [0.29, 0.717) is 21.6 Å². The Morgan fingerprint density at radius 2 is 1.76 bits per heavy atom. The predicted octanol–water partition coefficient (Wildman–Crippen LogP) is 5.13. The Morgan fingerprint density at radius 3 is 2.52 bits per heavy atom. The van der Waals surface area contributed by atoms with E-state index in [1.54, 1.807) is 18.2 Å². The molecule has 2 aromatic heterocycles. The molecule has 2 heterocycles. The van der Waals surface area contributed by atoms with E-state index in [0.717, 1.165) is 12.1 Å². The van der Waals surface area contributed by atoms with Crippen molar-refractivity contribution in [3.63, 3.8) is 0 Å². The number of benzene rings is 2. The Kier molecular flexibility index (Phi) is 3.77. The SMILES string of the molecule is Oc1ccc(-c2nc(Oc3ccc(F)cc3F)c3sccc3n2)cc1. The summed E-state index contributed by atoms with van der Waals surface area (Å²) in [5, 5.41) is 11.2. The van der Waals surface area contributed by atoms with Gasteiger partial charge in [-0.1, -0.05) is 0 Å². The smallest absolute Gasteiger partial charge is 0.241 e. The van der Waals surface area contributed by atoms with E-state index < -0.39 is 11.6 Å². The van der Waals surface area contributed by atoms with E-state index in [4.69, 9.17) is 4.74 Å². The second-order valence-corrected chi connectivity index (χ2v) is 6.13. The molecule has 0 aliphatic heterocycles. The molecule has 0 aliphatic rings. The van der Waals surface area contributed by atoms with Crippen LogP contribution in [0.5, 0.6) is 17.4 Å². The molecule has 0 atom stereocenters. The third-order valence-electron chi connectivity index (χ3n) is 3.50. The maximum absolute atomic E-state index is 13.9. The molecule has 124 valence electrons. The number of ether oxygens (including phenoxy) is 1. The fourth-order valence-electron chi connectivity index (χ4n) is 2.31. The van der Waals surface area contributed by atoms with Crippen molar-refractivity contribution >= 4 is 21.6 Å². The van der Waals surface area contributed by atoms with Crippen molar-refractivity contribution in [3.05, 3.63) is 65.5 Å². The van der Waals surface area contributed by atoms with Crippen LogP contribution in [0.3, 0.4) is 0 Å². The number of halogens is 2. The first kappa shape index (κ1) is 15.5. The lowest BCUT2D eigenvalue weighted by atomic mass is 10.2. The molecule has 4 rings (SSSR count). The van der Waals surface area contributed by atoms with E-state index in [1.165, 1.54) is 29.5 Å². The van der Waals surface area contributed by atoms with Crippen molar-refractivity contribution in [1.29, 1.82) is 0 Å². The molecule has 0 aliphatic carbocycles. The first-order chi connectivity index (χ1) is 12.1. The number of fused-ring (bicyclic) bond motifs is 1. The van der Waals surface area contributed by atoms with Crippen molar-refractivity contribution in [2.45, 2.75) is 0 Å². The molecule has 1 N–H and O–H groups in total. The van der Waals surface area contributed by atoms with Crippen LogP contribution in [0.1, 0.15) is 0 Å². The second-order valence-electron chi connectivity index (χ2n) is 5.21. The van der Waals surface area contributed by atoms with Gasteiger partial charge in [0.05, 0.1) is 5.52 Å². The number of hydrogen-bond donors (Lipinski definition) is 1. The topological polar surface area (TPSA) is 55.2 Å². The van der Waals surface area contributed by atoms with Gasteiger partial charge >= 0.3 is 0 Å². The molecule has 4 nitrogen and oxygen atoms in total. The molecule has 0 fully saturated rings. The summed E-state index contributed by atoms with van der Waals surface area (Å²) in [6.45, 7) is 0. The highest BCUT2D eigenvalue weighted by atomic mass is 32.1.